The summed E-state index contributed by atoms with van der Waals surface area (Å²) in [6, 6.07) is 11.0. The molecule has 0 fully saturated rings. The Morgan fingerprint density at radius 3 is 2.19 bits per heavy atom. The van der Waals surface area contributed by atoms with Crippen LogP contribution in [0.4, 0.5) is 20.2 Å². The van der Waals surface area contributed by atoms with Crippen LogP contribution >= 0.6 is 58.0 Å². The summed E-state index contributed by atoms with van der Waals surface area (Å²) in [5.74, 6) is -5.23. The van der Waals surface area contributed by atoms with Crippen LogP contribution in [-0.4, -0.2) is 30.7 Å². The highest BCUT2D eigenvalue weighted by Gasteiger charge is 2.29. The summed E-state index contributed by atoms with van der Waals surface area (Å²) in [7, 11) is 1.10. The van der Waals surface area contributed by atoms with Crippen molar-refractivity contribution in [3.8, 4) is 5.75 Å². The van der Waals surface area contributed by atoms with Crippen LogP contribution in [0.1, 0.15) is 21.8 Å². The molecule has 0 bridgehead atoms. The molecule has 5 nitrogen and oxygen atoms in total. The zero-order valence-electron chi connectivity index (χ0n) is 19.1. The lowest BCUT2D eigenvalue weighted by Gasteiger charge is -2.24. The van der Waals surface area contributed by atoms with E-state index < -0.39 is 41.0 Å². The van der Waals surface area contributed by atoms with E-state index in [4.69, 9.17) is 58.0 Å². The van der Waals surface area contributed by atoms with E-state index in [9.17, 15) is 18.4 Å². The fourth-order valence-electron chi connectivity index (χ4n) is 3.60. The molecule has 0 saturated carbocycles. The minimum atomic E-state index is -1.09. The Kier molecular flexibility index (Phi) is 10.3. The predicted octanol–water partition coefficient (Wildman–Crippen LogP) is 8.00. The van der Waals surface area contributed by atoms with Gasteiger partial charge < -0.3 is 15.4 Å². The molecule has 37 heavy (non-hydrogen) atoms. The van der Waals surface area contributed by atoms with E-state index in [1.54, 1.807) is 18.2 Å². The zero-order valence-corrected chi connectivity index (χ0v) is 22.8. The summed E-state index contributed by atoms with van der Waals surface area (Å²) < 4.78 is 32.9. The molecule has 2 N–H and O–H groups in total. The third kappa shape index (κ3) is 6.98. The van der Waals surface area contributed by atoms with Crippen molar-refractivity contribution in [3.05, 3.63) is 86.4 Å². The van der Waals surface area contributed by atoms with Crippen LogP contribution in [0.15, 0.2) is 48.5 Å². The minimum absolute atomic E-state index is 0.0334. The zero-order chi connectivity index (χ0) is 27.3. The Hall–Kier alpha value is -2.29. The number of hydrogen-bond donors (Lipinski definition) is 2. The van der Waals surface area contributed by atoms with Crippen molar-refractivity contribution in [2.24, 2.45) is 5.92 Å². The fourth-order valence-corrected chi connectivity index (χ4v) is 5.09. The quantitative estimate of drug-likeness (QED) is 0.241. The van der Waals surface area contributed by atoms with Gasteiger partial charge in [-0.25, -0.2) is 8.78 Å². The molecule has 3 rings (SSSR count). The van der Waals surface area contributed by atoms with Crippen molar-refractivity contribution in [2.75, 3.05) is 29.5 Å². The number of nitrogens with one attached hydrogen (secondary N) is 2. The highest BCUT2D eigenvalue weighted by molar-refractivity contribution is 6.35. The van der Waals surface area contributed by atoms with Crippen molar-refractivity contribution >= 4 is 81.2 Å². The first kappa shape index (κ1) is 29.3. The van der Waals surface area contributed by atoms with Crippen LogP contribution in [0.3, 0.4) is 0 Å². The second kappa shape index (κ2) is 13.0. The highest BCUT2D eigenvalue weighted by atomic mass is 35.5. The highest BCUT2D eigenvalue weighted by Crippen LogP contribution is 2.33. The standard InChI is InChI=1S/C25H19Cl5F2N2O3/c1-37-23-20(31)4-5-21(22(23)32)34-24(35)16-9-15(2-3-19(16)30)33-25(36)18(11-27)17(10-26)12-6-13(28)8-14(29)7-12/h2-9,17-18H,10-11H2,1H3,(H,33,36)(H,34,35). The van der Waals surface area contributed by atoms with E-state index in [0.717, 1.165) is 19.2 Å². The van der Waals surface area contributed by atoms with E-state index in [-0.39, 0.29) is 33.7 Å². The summed E-state index contributed by atoms with van der Waals surface area (Å²) in [5, 5.41) is 5.82. The van der Waals surface area contributed by atoms with Gasteiger partial charge in [-0.2, -0.15) is 0 Å². The number of anilines is 2. The first-order chi connectivity index (χ1) is 17.6. The molecule has 3 aromatic rings. The SMILES string of the molecule is COc1c(F)ccc(NC(=O)c2cc(NC(=O)C(CCl)C(CCl)c3cc(Cl)cc(Cl)c3)ccc2Cl)c1F. The number of ether oxygens (including phenoxy) is 1. The normalized spacial score (nSPS) is 12.5. The maximum Gasteiger partial charge on any atom is 0.257 e. The second-order valence-electron chi connectivity index (χ2n) is 7.80. The van der Waals surface area contributed by atoms with Crippen molar-refractivity contribution in [3.63, 3.8) is 0 Å². The van der Waals surface area contributed by atoms with E-state index >= 15 is 0 Å². The van der Waals surface area contributed by atoms with Crippen LogP contribution in [0.5, 0.6) is 5.75 Å². The van der Waals surface area contributed by atoms with E-state index in [1.807, 2.05) is 0 Å². The summed E-state index contributed by atoms with van der Waals surface area (Å²) >= 11 is 30.7. The molecule has 2 unspecified atom stereocenters. The lowest BCUT2D eigenvalue weighted by Crippen LogP contribution is -2.30. The van der Waals surface area contributed by atoms with Gasteiger partial charge >= 0.3 is 0 Å². The van der Waals surface area contributed by atoms with Crippen molar-refractivity contribution in [1.82, 2.24) is 0 Å². The molecule has 0 radical (unpaired) electrons. The Morgan fingerprint density at radius 2 is 1.59 bits per heavy atom. The Balaban J connectivity index is 1.83. The number of rotatable bonds is 9. The van der Waals surface area contributed by atoms with Gasteiger partial charge in [-0.05, 0) is 54.1 Å². The van der Waals surface area contributed by atoms with Gasteiger partial charge in [0.25, 0.3) is 5.91 Å². The molecule has 196 valence electrons. The van der Waals surface area contributed by atoms with Gasteiger partial charge in [-0.15, -0.1) is 23.2 Å². The van der Waals surface area contributed by atoms with Gasteiger partial charge in [0.05, 0.1) is 29.3 Å². The lowest BCUT2D eigenvalue weighted by molar-refractivity contribution is -0.119. The molecule has 0 aliphatic rings. The number of hydrogen-bond acceptors (Lipinski definition) is 3. The number of carbonyl (C=O) groups excluding carboxylic acids is 2. The summed E-state index contributed by atoms with van der Waals surface area (Å²) in [4.78, 5) is 26.0. The molecule has 0 aromatic heterocycles. The Morgan fingerprint density at radius 1 is 0.919 bits per heavy atom. The van der Waals surface area contributed by atoms with E-state index in [1.165, 1.54) is 18.2 Å². The Labute approximate surface area is 236 Å². The number of amides is 2. The molecule has 3 aromatic carbocycles. The fraction of sp³-hybridized carbons (Fsp3) is 0.200. The number of benzene rings is 3. The van der Waals surface area contributed by atoms with Gasteiger partial charge in [0.2, 0.25) is 5.91 Å². The number of halogens is 7. The minimum Gasteiger partial charge on any atom is -0.491 e. The van der Waals surface area contributed by atoms with Crippen LogP contribution in [-0.2, 0) is 4.79 Å². The number of methoxy groups -OCH3 is 1. The Bertz CT molecular complexity index is 1310. The molecule has 0 spiro atoms. The third-order valence-electron chi connectivity index (χ3n) is 5.45. The summed E-state index contributed by atoms with van der Waals surface area (Å²) in [5.41, 5.74) is 0.478. The van der Waals surface area contributed by atoms with E-state index in [2.05, 4.69) is 15.4 Å². The molecule has 0 saturated heterocycles. The average molecular weight is 611 g/mol. The molecule has 12 heteroatoms. The van der Waals surface area contributed by atoms with Gasteiger partial charge in [0, 0.05) is 33.4 Å². The summed E-state index contributed by atoms with van der Waals surface area (Å²) in [6.45, 7) is 0. The predicted molar refractivity (Wildman–Crippen MR) is 145 cm³/mol. The second-order valence-corrected chi connectivity index (χ2v) is 9.70. The third-order valence-corrected chi connectivity index (χ3v) is 6.88. The molecule has 0 aliphatic carbocycles. The van der Waals surface area contributed by atoms with Gasteiger partial charge in [0.15, 0.2) is 17.4 Å². The first-order valence-corrected chi connectivity index (χ1v) is 12.8. The maximum atomic E-state index is 14.5. The van der Waals surface area contributed by atoms with Crippen molar-refractivity contribution in [2.45, 2.75) is 5.92 Å². The van der Waals surface area contributed by atoms with Crippen molar-refractivity contribution in [1.29, 1.82) is 0 Å². The number of carbonyl (C=O) groups is 2. The monoisotopic (exact) mass is 608 g/mol. The van der Waals surface area contributed by atoms with Gasteiger partial charge in [0.1, 0.15) is 0 Å². The molecule has 0 aliphatic heterocycles. The van der Waals surface area contributed by atoms with Crippen LogP contribution in [0.25, 0.3) is 0 Å². The van der Waals surface area contributed by atoms with Gasteiger partial charge in [-0.1, -0.05) is 34.8 Å². The average Bonchev–Trinajstić information content (AvgIpc) is 2.84. The van der Waals surface area contributed by atoms with E-state index in [0.29, 0.717) is 15.6 Å². The molecular weight excluding hydrogens is 592 g/mol. The topological polar surface area (TPSA) is 67.4 Å². The smallest absolute Gasteiger partial charge is 0.257 e. The number of alkyl halides is 2. The largest absolute Gasteiger partial charge is 0.491 e. The maximum absolute atomic E-state index is 14.5. The van der Waals surface area contributed by atoms with Crippen LogP contribution in [0, 0.1) is 17.6 Å². The molecular formula is C25H19Cl5F2N2O3. The van der Waals surface area contributed by atoms with Crippen molar-refractivity contribution < 1.29 is 23.1 Å². The van der Waals surface area contributed by atoms with Crippen LogP contribution < -0.4 is 15.4 Å². The van der Waals surface area contributed by atoms with Gasteiger partial charge in [-0.3, -0.25) is 9.59 Å². The first-order valence-electron chi connectivity index (χ1n) is 10.6. The van der Waals surface area contributed by atoms with Crippen LogP contribution in [0.2, 0.25) is 15.1 Å². The molecule has 2 atom stereocenters. The summed E-state index contributed by atoms with van der Waals surface area (Å²) in [6.07, 6.45) is 0. The lowest BCUT2D eigenvalue weighted by atomic mass is 9.88. The molecule has 0 heterocycles. The molecule has 2 amide bonds.